The van der Waals surface area contributed by atoms with E-state index in [1.165, 1.54) is 0 Å². The van der Waals surface area contributed by atoms with Crippen molar-refractivity contribution in [1.82, 2.24) is 28.3 Å². The van der Waals surface area contributed by atoms with Gasteiger partial charge in [0.15, 0.2) is 0 Å². The summed E-state index contributed by atoms with van der Waals surface area (Å²) in [6, 6.07) is 43.4. The monoisotopic (exact) mass is 855 g/mol. The molecular formula is C44H30N6OPt. The first-order chi connectivity index (χ1) is 25.7. The standard InChI is InChI=1S/C44H30N6O.Pt/c1-44(2,3)25-26-14-18-35-31(21-26)30-17-16-28(24-38(30)48(35)39-13-6-7-20-45-39)51-29-22-27-15-19-40-46-34-10-8-12-37-42(34)50(40)41(27)32(23-29)43-47-33-9-4-5-11-36(33)49(37)43;/h4-22H,25H2,1-3H3;/q-2;+2/i25D2;. The zero-order chi connectivity index (χ0) is 35.8. The fourth-order valence-electron chi connectivity index (χ4n) is 7.74. The average molecular weight is 856 g/mol. The molecule has 0 aliphatic rings. The number of nitrogens with zero attached hydrogens (tertiary/aromatic N) is 6. The van der Waals surface area contributed by atoms with E-state index in [1.54, 1.807) is 6.20 Å². The van der Waals surface area contributed by atoms with E-state index >= 15 is 0 Å². The Kier molecular flexibility index (Phi) is 6.17. The number of pyridine rings is 2. The van der Waals surface area contributed by atoms with E-state index in [-0.39, 0.29) is 21.1 Å². The molecule has 252 valence electrons. The molecule has 0 aliphatic heterocycles. The van der Waals surface area contributed by atoms with E-state index in [0.29, 0.717) is 17.1 Å². The Morgan fingerprint density at radius 3 is 2.42 bits per heavy atom. The molecule has 7 nitrogen and oxygen atoms in total. The molecule has 0 radical (unpaired) electrons. The van der Waals surface area contributed by atoms with Crippen LogP contribution in [-0.4, -0.2) is 28.3 Å². The zero-order valence-electron chi connectivity index (χ0n) is 30.4. The normalized spacial score (nSPS) is 13.3. The summed E-state index contributed by atoms with van der Waals surface area (Å²) < 4.78 is 31.2. The van der Waals surface area contributed by atoms with Gasteiger partial charge in [0.05, 0.1) is 33.2 Å². The van der Waals surface area contributed by atoms with Crippen LogP contribution in [0.15, 0.2) is 115 Å². The fraction of sp³-hybridized carbons (Fsp3) is 0.114. The van der Waals surface area contributed by atoms with E-state index in [2.05, 4.69) is 49.8 Å². The van der Waals surface area contributed by atoms with Gasteiger partial charge in [0.25, 0.3) is 0 Å². The van der Waals surface area contributed by atoms with Crippen LogP contribution in [0.3, 0.4) is 0 Å². The molecule has 0 spiro atoms. The van der Waals surface area contributed by atoms with Gasteiger partial charge in [-0.05, 0) is 76.8 Å². The summed E-state index contributed by atoms with van der Waals surface area (Å²) >= 11 is 0. The molecule has 0 N–H and O–H groups in total. The zero-order valence-corrected chi connectivity index (χ0v) is 30.6. The molecule has 11 aromatic rings. The summed E-state index contributed by atoms with van der Waals surface area (Å²) in [5.74, 6) is 1.78. The van der Waals surface area contributed by atoms with Crippen LogP contribution >= 0.6 is 0 Å². The first-order valence-electron chi connectivity index (χ1n) is 18.0. The van der Waals surface area contributed by atoms with Gasteiger partial charge in [0.2, 0.25) is 0 Å². The van der Waals surface area contributed by atoms with Crippen molar-refractivity contribution in [2.75, 3.05) is 0 Å². The molecule has 0 aliphatic carbocycles. The minimum absolute atomic E-state index is 0. The summed E-state index contributed by atoms with van der Waals surface area (Å²) in [6.45, 7) is 5.79. The van der Waals surface area contributed by atoms with Crippen LogP contribution in [-0.2, 0) is 27.4 Å². The first-order valence-corrected chi connectivity index (χ1v) is 17.0. The van der Waals surface area contributed by atoms with Gasteiger partial charge in [-0.25, -0.2) is 9.97 Å². The number of rotatable bonds is 4. The van der Waals surface area contributed by atoms with Gasteiger partial charge in [0.1, 0.15) is 11.5 Å². The van der Waals surface area contributed by atoms with Crippen molar-refractivity contribution in [3.8, 4) is 17.3 Å². The van der Waals surface area contributed by atoms with Gasteiger partial charge in [-0.15, -0.1) is 17.5 Å². The van der Waals surface area contributed by atoms with Crippen molar-refractivity contribution in [1.29, 1.82) is 0 Å². The van der Waals surface area contributed by atoms with Crippen LogP contribution in [0.1, 0.15) is 29.1 Å². The Morgan fingerprint density at radius 2 is 1.56 bits per heavy atom. The Bertz CT molecular complexity index is 3290. The number of imidazole rings is 2. The first kappa shape index (κ1) is 28.9. The Hall–Kier alpha value is -5.78. The molecule has 52 heavy (non-hydrogen) atoms. The molecule has 0 saturated heterocycles. The number of fused-ring (bicyclic) bond motifs is 8. The minimum Gasteiger partial charge on any atom is -0.503 e. The van der Waals surface area contributed by atoms with Crippen LogP contribution in [0, 0.1) is 17.5 Å². The molecule has 5 aromatic carbocycles. The van der Waals surface area contributed by atoms with Crippen molar-refractivity contribution in [2.24, 2.45) is 5.41 Å². The van der Waals surface area contributed by atoms with E-state index < -0.39 is 11.8 Å². The third-order valence-electron chi connectivity index (χ3n) is 9.65. The molecule has 0 bridgehead atoms. The van der Waals surface area contributed by atoms with Gasteiger partial charge in [0, 0.05) is 26.0 Å². The largest absolute Gasteiger partial charge is 2.00 e. The van der Waals surface area contributed by atoms with E-state index in [4.69, 9.17) is 22.4 Å². The van der Waals surface area contributed by atoms with Crippen molar-refractivity contribution < 1.29 is 28.5 Å². The Balaban J connectivity index is 0.00000361. The second-order valence-electron chi connectivity index (χ2n) is 14.2. The molecule has 0 amide bonds. The quantitative estimate of drug-likeness (QED) is 0.166. The smallest absolute Gasteiger partial charge is 0.503 e. The van der Waals surface area contributed by atoms with Crippen LogP contribution in [0.2, 0.25) is 0 Å². The molecule has 0 saturated carbocycles. The number of para-hydroxylation sites is 3. The Labute approximate surface area is 315 Å². The predicted molar refractivity (Wildman–Crippen MR) is 205 cm³/mol. The average Bonchev–Trinajstić information content (AvgIpc) is 3.81. The summed E-state index contributed by atoms with van der Waals surface area (Å²) in [4.78, 5) is 14.9. The number of hydrogen-bond acceptors (Lipinski definition) is 4. The molecule has 0 atom stereocenters. The number of aromatic nitrogens is 6. The number of hydrogen-bond donors (Lipinski definition) is 0. The third kappa shape index (κ3) is 4.52. The van der Waals surface area contributed by atoms with Gasteiger partial charge < -0.3 is 18.1 Å². The maximum absolute atomic E-state index is 8.99. The maximum Gasteiger partial charge on any atom is 2.00 e. The second kappa shape index (κ2) is 11.1. The van der Waals surface area contributed by atoms with Crippen molar-refractivity contribution in [2.45, 2.75) is 27.1 Å². The van der Waals surface area contributed by atoms with Gasteiger partial charge in [-0.1, -0.05) is 91.7 Å². The molecule has 6 aromatic heterocycles. The van der Waals surface area contributed by atoms with Crippen molar-refractivity contribution in [3.05, 3.63) is 133 Å². The van der Waals surface area contributed by atoms with Crippen LogP contribution in [0.5, 0.6) is 11.5 Å². The van der Waals surface area contributed by atoms with Crippen LogP contribution in [0.4, 0.5) is 0 Å². The molecule has 11 rings (SSSR count). The SMILES string of the molecule is [2H]C([2H])(c1ccc2c(c1)c1ccc(Oc3[c-]c4c5nc6ccccc6n5c5cccc6nc7ccc(c3)c4n7c65)[c-]c1n2-c1ccccn1)C(C)(C)C.[Pt+2]. The molecular weight excluding hydrogens is 824 g/mol. The van der Waals surface area contributed by atoms with Crippen LogP contribution < -0.4 is 4.74 Å². The van der Waals surface area contributed by atoms with Crippen LogP contribution in [0.25, 0.3) is 82.8 Å². The van der Waals surface area contributed by atoms with E-state index in [0.717, 1.165) is 82.8 Å². The summed E-state index contributed by atoms with van der Waals surface area (Å²) in [5.41, 5.74) is 9.20. The maximum atomic E-state index is 8.99. The van der Waals surface area contributed by atoms with Crippen molar-refractivity contribution in [3.63, 3.8) is 0 Å². The van der Waals surface area contributed by atoms with Gasteiger partial charge >= 0.3 is 21.1 Å². The molecule has 0 fully saturated rings. The van der Waals surface area contributed by atoms with Gasteiger partial charge in [-0.3, -0.25) is 4.98 Å². The topological polar surface area (TPSA) is 61.6 Å². The summed E-state index contributed by atoms with van der Waals surface area (Å²) in [5, 5.41) is 3.64. The molecule has 8 heteroatoms. The predicted octanol–water partition coefficient (Wildman–Crippen LogP) is 10.5. The van der Waals surface area contributed by atoms with E-state index in [9.17, 15) is 0 Å². The fourth-order valence-corrected chi connectivity index (χ4v) is 7.74. The molecule has 0 unspecified atom stereocenters. The minimum atomic E-state index is -1.55. The van der Waals surface area contributed by atoms with Crippen molar-refractivity contribution >= 4 is 77.0 Å². The summed E-state index contributed by atoms with van der Waals surface area (Å²) in [6.07, 6.45) is 0.225. The third-order valence-corrected chi connectivity index (χ3v) is 9.65. The van der Waals surface area contributed by atoms with Gasteiger partial charge in [-0.2, -0.15) is 6.07 Å². The number of ether oxygens (including phenoxy) is 1. The number of benzene rings is 5. The Morgan fingerprint density at radius 1 is 0.712 bits per heavy atom. The summed E-state index contributed by atoms with van der Waals surface area (Å²) in [7, 11) is 0. The second-order valence-corrected chi connectivity index (χ2v) is 14.2. The molecule has 6 heterocycles. The van der Waals surface area contributed by atoms with E-state index in [1.807, 2.05) is 106 Å².